The van der Waals surface area contributed by atoms with Gasteiger partial charge < -0.3 is 5.32 Å². The Hall–Kier alpha value is -0.130. The second-order valence-electron chi connectivity index (χ2n) is 4.38. The first-order chi connectivity index (χ1) is 7.67. The molecule has 0 unspecified atom stereocenters. The summed E-state index contributed by atoms with van der Waals surface area (Å²) >= 11 is 0. The van der Waals surface area contributed by atoms with Crippen molar-refractivity contribution in [3.63, 3.8) is 0 Å². The predicted molar refractivity (Wildman–Crippen MR) is 67.0 cm³/mol. The minimum atomic E-state index is -2.95. The van der Waals surface area contributed by atoms with E-state index >= 15 is 0 Å². The molecule has 1 heterocycles. The van der Waals surface area contributed by atoms with Gasteiger partial charge >= 0.3 is 0 Å². The third kappa shape index (κ3) is 4.80. The molecular weight excluding hydrogens is 224 g/mol. The molecular formula is C11H24N2O2S. The highest BCUT2D eigenvalue weighted by Gasteiger charge is 2.24. The Bertz CT molecular complexity index is 272. The molecule has 0 bridgehead atoms. The number of unbranched alkanes of at least 4 members (excludes halogenated alkanes) is 1. The van der Waals surface area contributed by atoms with Gasteiger partial charge in [-0.25, -0.2) is 12.7 Å². The lowest BCUT2D eigenvalue weighted by Gasteiger charge is -2.15. The van der Waals surface area contributed by atoms with Crippen LogP contribution in [0, 0.1) is 0 Å². The summed E-state index contributed by atoms with van der Waals surface area (Å²) in [6.07, 6.45) is 4.91. The van der Waals surface area contributed by atoms with Crippen LogP contribution in [-0.2, 0) is 10.0 Å². The average molecular weight is 248 g/mol. The maximum Gasteiger partial charge on any atom is 0.214 e. The zero-order valence-electron chi connectivity index (χ0n) is 10.2. The van der Waals surface area contributed by atoms with E-state index in [2.05, 4.69) is 12.2 Å². The highest BCUT2D eigenvalue weighted by Crippen LogP contribution is 2.13. The van der Waals surface area contributed by atoms with Gasteiger partial charge in [-0.1, -0.05) is 6.92 Å². The van der Waals surface area contributed by atoms with Gasteiger partial charge in [0.25, 0.3) is 0 Å². The Morgan fingerprint density at radius 1 is 1.12 bits per heavy atom. The number of rotatable bonds is 8. The first kappa shape index (κ1) is 13.9. The van der Waals surface area contributed by atoms with Crippen LogP contribution < -0.4 is 5.32 Å². The van der Waals surface area contributed by atoms with Gasteiger partial charge in [-0.3, -0.25) is 0 Å². The number of sulfonamides is 1. The second kappa shape index (κ2) is 7.25. The highest BCUT2D eigenvalue weighted by molar-refractivity contribution is 7.89. The number of hydrogen-bond donors (Lipinski definition) is 1. The average Bonchev–Trinajstić information content (AvgIpc) is 2.77. The van der Waals surface area contributed by atoms with Crippen LogP contribution in [0.2, 0.25) is 0 Å². The molecule has 1 aliphatic rings. The summed E-state index contributed by atoms with van der Waals surface area (Å²) < 4.78 is 25.3. The molecule has 0 aromatic rings. The lowest BCUT2D eigenvalue weighted by molar-refractivity contribution is 0.474. The Balaban J connectivity index is 2.11. The van der Waals surface area contributed by atoms with Gasteiger partial charge in [0, 0.05) is 13.1 Å². The van der Waals surface area contributed by atoms with E-state index in [4.69, 9.17) is 0 Å². The van der Waals surface area contributed by atoms with Gasteiger partial charge in [0.05, 0.1) is 5.75 Å². The summed E-state index contributed by atoms with van der Waals surface area (Å²) in [5, 5.41) is 3.28. The van der Waals surface area contributed by atoms with E-state index in [-0.39, 0.29) is 0 Å². The summed E-state index contributed by atoms with van der Waals surface area (Å²) in [7, 11) is -2.95. The van der Waals surface area contributed by atoms with Crippen molar-refractivity contribution in [2.24, 2.45) is 0 Å². The van der Waals surface area contributed by atoms with Crippen LogP contribution in [-0.4, -0.2) is 44.7 Å². The lowest BCUT2D eigenvalue weighted by atomic mass is 10.3. The molecule has 1 saturated heterocycles. The molecule has 1 N–H and O–H groups in total. The van der Waals surface area contributed by atoms with Crippen LogP contribution >= 0.6 is 0 Å². The van der Waals surface area contributed by atoms with Crippen molar-refractivity contribution in [2.45, 2.75) is 39.0 Å². The molecule has 0 radical (unpaired) electrons. The van der Waals surface area contributed by atoms with E-state index in [0.717, 1.165) is 58.3 Å². The van der Waals surface area contributed by atoms with Crippen LogP contribution in [0.5, 0.6) is 0 Å². The van der Waals surface area contributed by atoms with Gasteiger partial charge in [-0.2, -0.15) is 0 Å². The molecule has 4 nitrogen and oxygen atoms in total. The normalized spacial score (nSPS) is 18.1. The predicted octanol–water partition coefficient (Wildman–Crippen LogP) is 1.19. The van der Waals surface area contributed by atoms with Gasteiger partial charge in [0.15, 0.2) is 0 Å². The molecule has 16 heavy (non-hydrogen) atoms. The van der Waals surface area contributed by atoms with Crippen molar-refractivity contribution >= 4 is 10.0 Å². The fraction of sp³-hybridized carbons (Fsp3) is 1.00. The lowest BCUT2D eigenvalue weighted by Crippen LogP contribution is -2.30. The van der Waals surface area contributed by atoms with Crippen LogP contribution in [0.25, 0.3) is 0 Å². The summed E-state index contributed by atoms with van der Waals surface area (Å²) in [6.45, 7) is 5.56. The van der Waals surface area contributed by atoms with E-state index in [0.29, 0.717) is 5.75 Å². The zero-order chi connectivity index (χ0) is 11.9. The standard InChI is InChI=1S/C11H24N2O2S/c1-2-7-12-8-3-6-11-16(14,15)13-9-4-5-10-13/h12H,2-11H2,1H3. The van der Waals surface area contributed by atoms with E-state index < -0.39 is 10.0 Å². The molecule has 1 aliphatic heterocycles. The second-order valence-corrected chi connectivity index (χ2v) is 6.47. The largest absolute Gasteiger partial charge is 0.317 e. The van der Waals surface area contributed by atoms with Crippen molar-refractivity contribution < 1.29 is 8.42 Å². The van der Waals surface area contributed by atoms with E-state index in [1.807, 2.05) is 0 Å². The van der Waals surface area contributed by atoms with Crippen LogP contribution in [0.4, 0.5) is 0 Å². The fourth-order valence-corrected chi connectivity index (χ4v) is 3.57. The molecule has 5 heteroatoms. The van der Waals surface area contributed by atoms with Crippen LogP contribution in [0.3, 0.4) is 0 Å². The van der Waals surface area contributed by atoms with Crippen molar-refractivity contribution in [3.05, 3.63) is 0 Å². The smallest absolute Gasteiger partial charge is 0.214 e. The molecule has 0 saturated carbocycles. The molecule has 0 aliphatic carbocycles. The van der Waals surface area contributed by atoms with Crippen LogP contribution in [0.1, 0.15) is 39.0 Å². The first-order valence-corrected chi connectivity index (χ1v) is 7.96. The third-order valence-corrected chi connectivity index (χ3v) is 4.85. The Morgan fingerprint density at radius 3 is 2.44 bits per heavy atom. The quantitative estimate of drug-likeness (QED) is 0.657. The van der Waals surface area contributed by atoms with Gasteiger partial charge in [0.2, 0.25) is 10.0 Å². The molecule has 0 aromatic heterocycles. The van der Waals surface area contributed by atoms with Gasteiger partial charge in [-0.15, -0.1) is 0 Å². The van der Waals surface area contributed by atoms with E-state index in [1.165, 1.54) is 0 Å². The minimum absolute atomic E-state index is 0.320. The minimum Gasteiger partial charge on any atom is -0.317 e. The zero-order valence-corrected chi connectivity index (χ0v) is 11.1. The molecule has 0 amide bonds. The molecule has 1 fully saturated rings. The third-order valence-electron chi connectivity index (χ3n) is 2.89. The van der Waals surface area contributed by atoms with Crippen molar-refractivity contribution in [3.8, 4) is 0 Å². The Morgan fingerprint density at radius 2 is 1.81 bits per heavy atom. The van der Waals surface area contributed by atoms with Crippen LogP contribution in [0.15, 0.2) is 0 Å². The molecule has 96 valence electrons. The van der Waals surface area contributed by atoms with Gasteiger partial charge in [-0.05, 0) is 45.2 Å². The highest BCUT2D eigenvalue weighted by atomic mass is 32.2. The summed E-state index contributed by atoms with van der Waals surface area (Å²) in [5.74, 6) is 0.320. The topological polar surface area (TPSA) is 49.4 Å². The monoisotopic (exact) mass is 248 g/mol. The number of nitrogens with one attached hydrogen (secondary N) is 1. The molecule has 0 aromatic carbocycles. The number of nitrogens with zero attached hydrogens (tertiary/aromatic N) is 1. The van der Waals surface area contributed by atoms with Crippen molar-refractivity contribution in [1.29, 1.82) is 0 Å². The maximum atomic E-state index is 11.8. The molecule has 0 spiro atoms. The summed E-state index contributed by atoms with van der Waals surface area (Å²) in [6, 6.07) is 0. The maximum absolute atomic E-state index is 11.8. The molecule has 1 rings (SSSR count). The Kier molecular flexibility index (Phi) is 6.31. The molecule has 0 atom stereocenters. The summed E-state index contributed by atoms with van der Waals surface area (Å²) in [4.78, 5) is 0. The summed E-state index contributed by atoms with van der Waals surface area (Å²) in [5.41, 5.74) is 0. The van der Waals surface area contributed by atoms with Crippen molar-refractivity contribution in [1.82, 2.24) is 9.62 Å². The van der Waals surface area contributed by atoms with Crippen molar-refractivity contribution in [2.75, 3.05) is 31.9 Å². The van der Waals surface area contributed by atoms with E-state index in [9.17, 15) is 8.42 Å². The Labute approximate surface area is 99.5 Å². The fourth-order valence-electron chi connectivity index (χ4n) is 1.93. The van der Waals surface area contributed by atoms with Gasteiger partial charge in [0.1, 0.15) is 0 Å². The number of hydrogen-bond acceptors (Lipinski definition) is 3. The van der Waals surface area contributed by atoms with E-state index in [1.54, 1.807) is 4.31 Å². The first-order valence-electron chi connectivity index (χ1n) is 6.35. The SMILES string of the molecule is CCCNCCCCS(=O)(=O)N1CCCC1.